The minimum Gasteiger partial charge on any atom is -0.383 e. The Bertz CT molecular complexity index is 461. The van der Waals surface area contributed by atoms with E-state index in [0.717, 1.165) is 29.3 Å². The number of nitrogens with zero attached hydrogens (tertiary/aromatic N) is 2. The van der Waals surface area contributed by atoms with Crippen LogP contribution in [0.5, 0.6) is 0 Å². The number of hydrogen-bond donors (Lipinski definition) is 1. The minimum absolute atomic E-state index is 0.686. The van der Waals surface area contributed by atoms with Gasteiger partial charge >= 0.3 is 0 Å². The molecule has 3 nitrogen and oxygen atoms in total. The molecule has 0 aliphatic heterocycles. The van der Waals surface area contributed by atoms with E-state index in [1.807, 2.05) is 18.2 Å². The first-order valence-corrected chi connectivity index (χ1v) is 7.64. The Morgan fingerprint density at radius 3 is 2.84 bits per heavy atom. The Balaban J connectivity index is 1.86. The van der Waals surface area contributed by atoms with Gasteiger partial charge in [0, 0.05) is 23.6 Å². The second kappa shape index (κ2) is 6.93. The van der Waals surface area contributed by atoms with Crippen LogP contribution in [0.4, 0.5) is 5.69 Å². The summed E-state index contributed by atoms with van der Waals surface area (Å²) in [6, 6.07) is 8.79. The topological polar surface area (TPSA) is 39.1 Å². The number of nitriles is 1. The summed E-state index contributed by atoms with van der Waals surface area (Å²) in [5.41, 5.74) is 1.60. The molecule has 1 aliphatic carbocycles. The lowest BCUT2D eigenvalue weighted by Gasteiger charge is -2.24. The Kier molecular flexibility index (Phi) is 5.24. The highest BCUT2D eigenvalue weighted by atomic mass is 79.9. The van der Waals surface area contributed by atoms with Gasteiger partial charge in [0.05, 0.1) is 11.3 Å². The summed E-state index contributed by atoms with van der Waals surface area (Å²) < 4.78 is 0.851. The molecule has 0 spiro atoms. The largest absolute Gasteiger partial charge is 0.383 e. The molecule has 102 valence electrons. The number of rotatable bonds is 5. The molecular weight excluding hydrogens is 302 g/mol. The molecule has 19 heavy (non-hydrogen) atoms. The summed E-state index contributed by atoms with van der Waals surface area (Å²) >= 11 is 3.41. The van der Waals surface area contributed by atoms with Crippen LogP contribution in [0.25, 0.3) is 0 Å². The zero-order chi connectivity index (χ0) is 13.7. The minimum atomic E-state index is 0.686. The van der Waals surface area contributed by atoms with Crippen LogP contribution in [0, 0.1) is 11.3 Å². The van der Waals surface area contributed by atoms with Crippen LogP contribution in [0.2, 0.25) is 0 Å². The molecule has 0 aromatic heterocycles. The molecule has 1 fully saturated rings. The van der Waals surface area contributed by atoms with Gasteiger partial charge in [-0.2, -0.15) is 5.26 Å². The summed E-state index contributed by atoms with van der Waals surface area (Å²) in [7, 11) is 2.20. The second-order valence-corrected chi connectivity index (χ2v) is 5.97. The summed E-state index contributed by atoms with van der Waals surface area (Å²) in [5.74, 6) is 0. The first-order chi connectivity index (χ1) is 9.22. The van der Waals surface area contributed by atoms with Crippen molar-refractivity contribution in [2.24, 2.45) is 0 Å². The average Bonchev–Trinajstić information content (AvgIpc) is 2.93. The number of benzene rings is 1. The van der Waals surface area contributed by atoms with Crippen molar-refractivity contribution in [3.05, 3.63) is 28.2 Å². The maximum absolute atomic E-state index is 9.15. The van der Waals surface area contributed by atoms with Crippen LogP contribution in [-0.2, 0) is 0 Å². The van der Waals surface area contributed by atoms with Gasteiger partial charge in [-0.05, 0) is 48.0 Å². The van der Waals surface area contributed by atoms with Gasteiger partial charge in [0.15, 0.2) is 0 Å². The smallest absolute Gasteiger partial charge is 0.103 e. The Hall–Kier alpha value is -1.05. The van der Waals surface area contributed by atoms with Gasteiger partial charge in [0.25, 0.3) is 0 Å². The van der Waals surface area contributed by atoms with E-state index in [1.165, 1.54) is 25.7 Å². The molecule has 1 aromatic rings. The van der Waals surface area contributed by atoms with E-state index < -0.39 is 0 Å². The van der Waals surface area contributed by atoms with Crippen LogP contribution >= 0.6 is 15.9 Å². The molecule has 1 N–H and O–H groups in total. The van der Waals surface area contributed by atoms with Crippen LogP contribution in [0.1, 0.15) is 31.2 Å². The van der Waals surface area contributed by atoms with Gasteiger partial charge in [-0.15, -0.1) is 0 Å². The van der Waals surface area contributed by atoms with E-state index in [0.29, 0.717) is 5.56 Å². The quantitative estimate of drug-likeness (QED) is 0.900. The van der Waals surface area contributed by atoms with Crippen molar-refractivity contribution >= 4 is 21.6 Å². The van der Waals surface area contributed by atoms with Gasteiger partial charge in [0.1, 0.15) is 6.07 Å². The van der Waals surface area contributed by atoms with Gasteiger partial charge in [-0.3, -0.25) is 0 Å². The second-order valence-electron chi connectivity index (χ2n) is 5.12. The molecule has 2 rings (SSSR count). The predicted molar refractivity (Wildman–Crippen MR) is 82.2 cm³/mol. The highest BCUT2D eigenvalue weighted by Gasteiger charge is 2.18. The molecule has 4 heteroatoms. The van der Waals surface area contributed by atoms with Crippen LogP contribution in [0.15, 0.2) is 22.7 Å². The molecule has 1 aliphatic rings. The number of likely N-dealkylation sites (N-methyl/N-ethyl adjacent to an activating group) is 1. The Morgan fingerprint density at radius 1 is 1.42 bits per heavy atom. The van der Waals surface area contributed by atoms with E-state index in [-0.39, 0.29) is 0 Å². The van der Waals surface area contributed by atoms with Crippen molar-refractivity contribution in [3.8, 4) is 6.07 Å². The van der Waals surface area contributed by atoms with Crippen molar-refractivity contribution < 1.29 is 0 Å². The average molecular weight is 322 g/mol. The number of anilines is 1. The molecule has 0 unspecified atom stereocenters. The van der Waals surface area contributed by atoms with Gasteiger partial charge < -0.3 is 10.2 Å². The van der Waals surface area contributed by atoms with Crippen molar-refractivity contribution in [1.82, 2.24) is 4.90 Å². The molecule has 0 saturated heterocycles. The fraction of sp³-hybridized carbons (Fsp3) is 0.533. The zero-order valence-corrected chi connectivity index (χ0v) is 12.9. The Morgan fingerprint density at radius 2 is 2.16 bits per heavy atom. The molecule has 1 saturated carbocycles. The molecule has 0 radical (unpaired) electrons. The monoisotopic (exact) mass is 321 g/mol. The molecule has 0 bridgehead atoms. The first-order valence-electron chi connectivity index (χ1n) is 6.85. The van der Waals surface area contributed by atoms with Gasteiger partial charge in [0.2, 0.25) is 0 Å². The van der Waals surface area contributed by atoms with Crippen LogP contribution < -0.4 is 5.32 Å². The van der Waals surface area contributed by atoms with Crippen molar-refractivity contribution in [1.29, 1.82) is 5.26 Å². The van der Waals surface area contributed by atoms with E-state index >= 15 is 0 Å². The maximum atomic E-state index is 9.15. The predicted octanol–water partition coefficient (Wildman–Crippen LogP) is 3.61. The molecule has 0 atom stereocenters. The third-order valence-electron chi connectivity index (χ3n) is 3.85. The zero-order valence-electron chi connectivity index (χ0n) is 11.3. The molecular formula is C15H20BrN3. The van der Waals surface area contributed by atoms with Crippen molar-refractivity contribution in [2.45, 2.75) is 31.7 Å². The van der Waals surface area contributed by atoms with E-state index in [2.05, 4.69) is 39.3 Å². The van der Waals surface area contributed by atoms with Crippen LogP contribution in [0.3, 0.4) is 0 Å². The van der Waals surface area contributed by atoms with Crippen molar-refractivity contribution in [2.75, 3.05) is 25.5 Å². The number of halogens is 1. The van der Waals surface area contributed by atoms with E-state index in [1.54, 1.807) is 0 Å². The number of nitrogens with one attached hydrogen (secondary N) is 1. The summed E-state index contributed by atoms with van der Waals surface area (Å²) in [5, 5.41) is 12.5. The Labute approximate surface area is 123 Å². The van der Waals surface area contributed by atoms with Crippen LogP contribution in [-0.4, -0.2) is 31.1 Å². The lowest BCUT2D eigenvalue weighted by atomic mass is 10.2. The highest BCUT2D eigenvalue weighted by molar-refractivity contribution is 9.10. The lowest BCUT2D eigenvalue weighted by Crippen LogP contribution is -2.33. The lowest BCUT2D eigenvalue weighted by molar-refractivity contribution is 0.254. The third-order valence-corrected chi connectivity index (χ3v) is 4.51. The molecule has 0 amide bonds. The molecule has 0 heterocycles. The van der Waals surface area contributed by atoms with Gasteiger partial charge in [-0.25, -0.2) is 0 Å². The van der Waals surface area contributed by atoms with Crippen molar-refractivity contribution in [3.63, 3.8) is 0 Å². The maximum Gasteiger partial charge on any atom is 0.103 e. The molecule has 1 aromatic carbocycles. The fourth-order valence-electron chi connectivity index (χ4n) is 2.68. The summed E-state index contributed by atoms with van der Waals surface area (Å²) in [6.45, 7) is 1.89. The van der Waals surface area contributed by atoms with E-state index in [9.17, 15) is 0 Å². The third kappa shape index (κ3) is 3.71. The normalized spacial score (nSPS) is 15.7. The first kappa shape index (κ1) is 14.4. The van der Waals surface area contributed by atoms with E-state index in [4.69, 9.17) is 5.26 Å². The highest BCUT2D eigenvalue weighted by Crippen LogP contribution is 2.24. The standard InChI is InChI=1S/C15H20BrN3/c1-19(12-5-2-3-6-12)10-9-18-15-8-4-7-14(16)13(15)11-17/h4,7-8,12,18H,2-3,5-6,9-10H2,1H3. The fourth-order valence-corrected chi connectivity index (χ4v) is 3.13. The SMILES string of the molecule is CN(CCNc1cccc(Br)c1C#N)C1CCCC1. The van der Waals surface area contributed by atoms with Gasteiger partial charge in [-0.1, -0.05) is 18.9 Å². The summed E-state index contributed by atoms with van der Waals surface area (Å²) in [6.07, 6.45) is 5.40. The number of hydrogen-bond acceptors (Lipinski definition) is 3. The summed E-state index contributed by atoms with van der Waals surface area (Å²) in [4.78, 5) is 2.43.